The molecule has 0 amide bonds. The lowest BCUT2D eigenvalue weighted by molar-refractivity contribution is -0.137. The fourth-order valence-corrected chi connectivity index (χ4v) is 3.43. The normalized spacial score (nSPS) is 11.9. The minimum Gasteiger partial charge on any atom is -0.463 e. The van der Waals surface area contributed by atoms with E-state index in [2.05, 4.69) is 61.5 Å². The van der Waals surface area contributed by atoms with Crippen LogP contribution in [0.15, 0.2) is 60.7 Å². The van der Waals surface area contributed by atoms with Crippen molar-refractivity contribution in [3.8, 4) is 0 Å². The van der Waals surface area contributed by atoms with Crippen molar-refractivity contribution in [1.29, 1.82) is 0 Å². The Morgan fingerprint density at radius 1 is 0.920 bits per heavy atom. The molecule has 0 unspecified atom stereocenters. The first-order chi connectivity index (χ1) is 12.3. The summed E-state index contributed by atoms with van der Waals surface area (Å²) in [6.07, 6.45) is 5.31. The number of rotatable bonds is 5. The zero-order valence-corrected chi connectivity index (χ0v) is 14.3. The first kappa shape index (κ1) is 15.6. The van der Waals surface area contributed by atoms with Crippen molar-refractivity contribution in [2.45, 2.75) is 19.8 Å². The van der Waals surface area contributed by atoms with E-state index in [1.165, 1.54) is 38.4 Å². The molecule has 0 aliphatic rings. The summed E-state index contributed by atoms with van der Waals surface area (Å²) in [4.78, 5) is 11.9. The van der Waals surface area contributed by atoms with Gasteiger partial charge >= 0.3 is 5.97 Å². The lowest BCUT2D eigenvalue weighted by Crippen LogP contribution is -2.01. The molecule has 2 nitrogen and oxygen atoms in total. The second kappa shape index (κ2) is 6.56. The van der Waals surface area contributed by atoms with Gasteiger partial charge in [-0.3, -0.25) is 0 Å². The summed E-state index contributed by atoms with van der Waals surface area (Å²) in [6, 6.07) is 19.2. The third-order valence-corrected chi connectivity index (χ3v) is 4.70. The van der Waals surface area contributed by atoms with Gasteiger partial charge in [-0.05, 0) is 50.4 Å². The van der Waals surface area contributed by atoms with Crippen molar-refractivity contribution < 1.29 is 9.53 Å². The highest BCUT2D eigenvalue weighted by Crippen LogP contribution is 2.36. The molecule has 4 rings (SSSR count). The number of ether oxygens (including phenoxy) is 1. The van der Waals surface area contributed by atoms with E-state index in [9.17, 15) is 4.79 Å². The fourth-order valence-electron chi connectivity index (χ4n) is 3.43. The number of hydrogen-bond donors (Lipinski definition) is 0. The third kappa shape index (κ3) is 2.85. The molecule has 0 atom stereocenters. The van der Waals surface area contributed by atoms with E-state index in [-0.39, 0.29) is 5.97 Å². The van der Waals surface area contributed by atoms with E-state index in [1.807, 2.05) is 6.08 Å². The molecule has 0 spiro atoms. The number of esters is 1. The molecule has 2 heteroatoms. The molecule has 0 heterocycles. The molecule has 0 bridgehead atoms. The lowest BCUT2D eigenvalue weighted by Gasteiger charge is -2.12. The molecular weight excluding hydrogens is 308 g/mol. The molecule has 0 aliphatic carbocycles. The molecule has 0 radical (unpaired) electrons. The highest BCUT2D eigenvalue weighted by Gasteiger charge is 2.09. The first-order valence-electron chi connectivity index (χ1n) is 8.79. The van der Waals surface area contributed by atoms with Gasteiger partial charge in [-0.15, -0.1) is 0 Å². The van der Waals surface area contributed by atoms with Crippen LogP contribution in [0.25, 0.3) is 38.4 Å². The van der Waals surface area contributed by atoms with Crippen molar-refractivity contribution >= 4 is 44.4 Å². The van der Waals surface area contributed by atoms with Crippen LogP contribution in [-0.2, 0) is 9.53 Å². The Bertz CT molecular complexity index is 1060. The number of carbonyl (C=O) groups is 1. The molecule has 0 aliphatic heterocycles. The molecule has 0 N–H and O–H groups in total. The number of unbranched alkanes of at least 4 members (excludes halogenated alkanes) is 1. The van der Waals surface area contributed by atoms with Crippen molar-refractivity contribution in [3.05, 3.63) is 66.2 Å². The summed E-state index contributed by atoms with van der Waals surface area (Å²) in [5.41, 5.74) is 1.04. The van der Waals surface area contributed by atoms with Crippen LogP contribution in [0.5, 0.6) is 0 Å². The Balaban J connectivity index is 1.79. The Labute approximate surface area is 147 Å². The van der Waals surface area contributed by atoms with Gasteiger partial charge < -0.3 is 4.74 Å². The quantitative estimate of drug-likeness (QED) is 0.196. The van der Waals surface area contributed by atoms with E-state index in [4.69, 9.17) is 4.74 Å². The molecule has 25 heavy (non-hydrogen) atoms. The molecule has 0 aromatic heterocycles. The van der Waals surface area contributed by atoms with Crippen molar-refractivity contribution in [1.82, 2.24) is 0 Å². The van der Waals surface area contributed by atoms with Crippen LogP contribution in [0, 0.1) is 0 Å². The molecule has 4 aromatic carbocycles. The Morgan fingerprint density at radius 3 is 2.36 bits per heavy atom. The maximum absolute atomic E-state index is 11.9. The minimum absolute atomic E-state index is 0.279. The van der Waals surface area contributed by atoms with Gasteiger partial charge in [0.1, 0.15) is 0 Å². The first-order valence-corrected chi connectivity index (χ1v) is 8.79. The van der Waals surface area contributed by atoms with Crippen LogP contribution < -0.4 is 0 Å². The highest BCUT2D eigenvalue weighted by molar-refractivity contribution is 6.24. The minimum atomic E-state index is -0.279. The second-order valence-corrected chi connectivity index (χ2v) is 6.37. The van der Waals surface area contributed by atoms with Gasteiger partial charge in [0, 0.05) is 6.08 Å². The van der Waals surface area contributed by atoms with E-state index >= 15 is 0 Å². The van der Waals surface area contributed by atoms with Crippen LogP contribution in [0.1, 0.15) is 25.3 Å². The molecule has 0 saturated carbocycles. The van der Waals surface area contributed by atoms with Crippen LogP contribution in [0.3, 0.4) is 0 Å². The number of carbonyl (C=O) groups excluding carboxylic acids is 1. The molecule has 0 saturated heterocycles. The van der Waals surface area contributed by atoms with Gasteiger partial charge in [0.05, 0.1) is 6.61 Å². The van der Waals surface area contributed by atoms with Crippen molar-refractivity contribution in [2.75, 3.05) is 6.61 Å². The summed E-state index contributed by atoms with van der Waals surface area (Å²) in [6.45, 7) is 2.56. The summed E-state index contributed by atoms with van der Waals surface area (Å²) < 4.78 is 5.20. The number of hydrogen-bond acceptors (Lipinski definition) is 2. The Morgan fingerprint density at radius 2 is 1.60 bits per heavy atom. The molecule has 0 fully saturated rings. The fraction of sp³-hybridized carbons (Fsp3) is 0.174. The standard InChI is InChI=1S/C23H20O2/c1-2-3-15-25-21(24)14-12-16-7-8-19-10-9-17-5-4-6-18-11-13-20(16)23(19)22(17)18/h4-14H,2-3,15H2,1H3/b14-12+. The zero-order valence-electron chi connectivity index (χ0n) is 14.3. The lowest BCUT2D eigenvalue weighted by atomic mass is 9.92. The van der Waals surface area contributed by atoms with Gasteiger partial charge in [-0.2, -0.15) is 0 Å². The van der Waals surface area contributed by atoms with Gasteiger partial charge in [-0.1, -0.05) is 67.9 Å². The van der Waals surface area contributed by atoms with E-state index < -0.39 is 0 Å². The van der Waals surface area contributed by atoms with E-state index in [0.29, 0.717) is 6.61 Å². The Hall–Kier alpha value is -2.87. The van der Waals surface area contributed by atoms with Gasteiger partial charge in [-0.25, -0.2) is 4.79 Å². The maximum Gasteiger partial charge on any atom is 0.330 e. The monoisotopic (exact) mass is 328 g/mol. The van der Waals surface area contributed by atoms with E-state index in [1.54, 1.807) is 0 Å². The Kier molecular flexibility index (Phi) is 4.10. The maximum atomic E-state index is 11.9. The average molecular weight is 328 g/mol. The predicted octanol–water partition coefficient (Wildman–Crippen LogP) is 5.94. The van der Waals surface area contributed by atoms with Crippen LogP contribution in [-0.4, -0.2) is 12.6 Å². The summed E-state index contributed by atoms with van der Waals surface area (Å²) in [5, 5.41) is 7.43. The van der Waals surface area contributed by atoms with Gasteiger partial charge in [0.25, 0.3) is 0 Å². The smallest absolute Gasteiger partial charge is 0.330 e. The van der Waals surface area contributed by atoms with Crippen LogP contribution in [0.2, 0.25) is 0 Å². The second-order valence-electron chi connectivity index (χ2n) is 6.37. The molecule has 4 aromatic rings. The summed E-state index contributed by atoms with van der Waals surface area (Å²) in [7, 11) is 0. The van der Waals surface area contributed by atoms with Crippen LogP contribution >= 0.6 is 0 Å². The summed E-state index contributed by atoms with van der Waals surface area (Å²) in [5.74, 6) is -0.279. The SMILES string of the molecule is CCCCOC(=O)/C=C/c1ccc2ccc3cccc4ccc1c2c34. The predicted molar refractivity (Wildman–Crippen MR) is 105 cm³/mol. The van der Waals surface area contributed by atoms with Gasteiger partial charge in [0.15, 0.2) is 0 Å². The molecule has 124 valence electrons. The largest absolute Gasteiger partial charge is 0.463 e. The molecular formula is C23H20O2. The highest BCUT2D eigenvalue weighted by atomic mass is 16.5. The van der Waals surface area contributed by atoms with Crippen molar-refractivity contribution in [2.24, 2.45) is 0 Å². The van der Waals surface area contributed by atoms with Crippen LogP contribution in [0.4, 0.5) is 0 Å². The summed E-state index contributed by atoms with van der Waals surface area (Å²) >= 11 is 0. The van der Waals surface area contributed by atoms with E-state index in [0.717, 1.165) is 18.4 Å². The topological polar surface area (TPSA) is 26.3 Å². The average Bonchev–Trinajstić information content (AvgIpc) is 2.65. The van der Waals surface area contributed by atoms with Gasteiger partial charge in [0.2, 0.25) is 0 Å². The third-order valence-electron chi connectivity index (χ3n) is 4.70. The number of benzene rings is 4. The zero-order chi connectivity index (χ0) is 17.2. The van der Waals surface area contributed by atoms with Crippen molar-refractivity contribution in [3.63, 3.8) is 0 Å².